The quantitative estimate of drug-likeness (QED) is 0.761. The molecule has 3 amide bonds. The molecule has 7 nitrogen and oxygen atoms in total. The van der Waals surface area contributed by atoms with E-state index in [4.69, 9.17) is 11.6 Å². The normalized spacial score (nSPS) is 17.5. The largest absolute Gasteiger partial charge is 0.367 e. The Morgan fingerprint density at radius 1 is 0.933 bits per heavy atom. The maximum atomic E-state index is 12.8. The highest BCUT2D eigenvalue weighted by molar-refractivity contribution is 6.31. The molecule has 8 heteroatoms. The molecule has 2 aromatic carbocycles. The summed E-state index contributed by atoms with van der Waals surface area (Å²) in [5, 5.41) is 3.50. The van der Waals surface area contributed by atoms with Crippen molar-refractivity contribution < 1.29 is 14.4 Å². The number of nitrogens with zero attached hydrogens (tertiary/aromatic N) is 3. The number of imide groups is 1. The summed E-state index contributed by atoms with van der Waals surface area (Å²) in [6.45, 7) is 3.64. The molecule has 2 aromatic rings. The first-order chi connectivity index (χ1) is 14.4. The number of hydrogen-bond acceptors (Lipinski definition) is 5. The van der Waals surface area contributed by atoms with E-state index in [1.165, 1.54) is 4.90 Å². The van der Waals surface area contributed by atoms with Gasteiger partial charge >= 0.3 is 0 Å². The van der Waals surface area contributed by atoms with Crippen LogP contribution in [0.1, 0.15) is 23.2 Å². The highest BCUT2D eigenvalue weighted by atomic mass is 35.5. The fourth-order valence-corrected chi connectivity index (χ4v) is 3.92. The van der Waals surface area contributed by atoms with Crippen molar-refractivity contribution in [1.29, 1.82) is 0 Å². The lowest BCUT2D eigenvalue weighted by molar-refractivity contribution is -0.121. The molecular weight excluding hydrogens is 404 g/mol. The van der Waals surface area contributed by atoms with Crippen molar-refractivity contribution in [3.8, 4) is 0 Å². The third-order valence-corrected chi connectivity index (χ3v) is 5.73. The number of carbonyl (C=O) groups is 3. The minimum absolute atomic E-state index is 0.215. The Labute approximate surface area is 180 Å². The minimum Gasteiger partial charge on any atom is -0.367 e. The van der Waals surface area contributed by atoms with E-state index in [0.717, 1.165) is 31.9 Å². The molecule has 156 valence electrons. The number of anilines is 3. The summed E-state index contributed by atoms with van der Waals surface area (Å²) in [4.78, 5) is 42.3. The smallest absolute Gasteiger partial charge is 0.255 e. The van der Waals surface area contributed by atoms with Gasteiger partial charge in [-0.25, -0.2) is 0 Å². The van der Waals surface area contributed by atoms with Crippen molar-refractivity contribution in [1.82, 2.24) is 4.90 Å². The van der Waals surface area contributed by atoms with E-state index < -0.39 is 0 Å². The number of benzene rings is 2. The number of carbonyl (C=O) groups excluding carboxylic acids is 3. The minimum atomic E-state index is -0.279. The molecule has 0 radical (unpaired) electrons. The van der Waals surface area contributed by atoms with Crippen molar-refractivity contribution in [2.24, 2.45) is 0 Å². The predicted molar refractivity (Wildman–Crippen MR) is 117 cm³/mol. The molecule has 0 saturated carbocycles. The van der Waals surface area contributed by atoms with Gasteiger partial charge in [0, 0.05) is 49.6 Å². The fourth-order valence-electron chi connectivity index (χ4n) is 3.75. The lowest BCUT2D eigenvalue weighted by atomic mass is 10.1. The average molecular weight is 427 g/mol. The molecule has 0 aliphatic carbocycles. The monoisotopic (exact) mass is 426 g/mol. The molecule has 0 aromatic heterocycles. The first kappa shape index (κ1) is 20.4. The van der Waals surface area contributed by atoms with Gasteiger partial charge in [-0.2, -0.15) is 0 Å². The van der Waals surface area contributed by atoms with Gasteiger partial charge in [0.15, 0.2) is 0 Å². The van der Waals surface area contributed by atoms with Gasteiger partial charge in [0.2, 0.25) is 11.8 Å². The second kappa shape index (κ2) is 8.45. The first-order valence-electron chi connectivity index (χ1n) is 9.92. The predicted octanol–water partition coefficient (Wildman–Crippen LogP) is 3.00. The van der Waals surface area contributed by atoms with Gasteiger partial charge in [0.05, 0.1) is 17.1 Å². The summed E-state index contributed by atoms with van der Waals surface area (Å²) in [7, 11) is 2.09. The molecule has 0 unspecified atom stereocenters. The van der Waals surface area contributed by atoms with Crippen LogP contribution in [-0.4, -0.2) is 55.8 Å². The summed E-state index contributed by atoms with van der Waals surface area (Å²) in [5.74, 6) is -0.709. The number of piperazine rings is 1. The van der Waals surface area contributed by atoms with E-state index in [1.54, 1.807) is 30.3 Å². The molecule has 0 bridgehead atoms. The molecule has 4 rings (SSSR count). The van der Waals surface area contributed by atoms with Gasteiger partial charge in [-0.15, -0.1) is 0 Å². The topological polar surface area (TPSA) is 73.0 Å². The zero-order valence-electron chi connectivity index (χ0n) is 16.7. The summed E-state index contributed by atoms with van der Waals surface area (Å²) in [5.41, 5.74) is 2.51. The Balaban J connectivity index is 1.52. The third-order valence-electron chi connectivity index (χ3n) is 5.49. The van der Waals surface area contributed by atoms with E-state index in [1.807, 2.05) is 12.1 Å². The van der Waals surface area contributed by atoms with Crippen LogP contribution in [-0.2, 0) is 9.59 Å². The van der Waals surface area contributed by atoms with E-state index in [9.17, 15) is 14.4 Å². The van der Waals surface area contributed by atoms with Crippen LogP contribution < -0.4 is 15.1 Å². The second-order valence-corrected chi connectivity index (χ2v) is 8.01. The number of hydrogen-bond donors (Lipinski definition) is 1. The van der Waals surface area contributed by atoms with Crippen LogP contribution in [0.2, 0.25) is 5.02 Å². The van der Waals surface area contributed by atoms with Gasteiger partial charge in [-0.1, -0.05) is 11.6 Å². The lowest BCUT2D eigenvalue weighted by Crippen LogP contribution is -2.44. The second-order valence-electron chi connectivity index (χ2n) is 7.58. The van der Waals surface area contributed by atoms with Crippen LogP contribution in [0, 0.1) is 0 Å². The summed E-state index contributed by atoms with van der Waals surface area (Å²) in [6, 6.07) is 12.0. The van der Waals surface area contributed by atoms with Gasteiger partial charge < -0.3 is 15.1 Å². The lowest BCUT2D eigenvalue weighted by Gasteiger charge is -2.35. The molecule has 2 aliphatic rings. The van der Waals surface area contributed by atoms with Crippen LogP contribution in [0.25, 0.3) is 0 Å². The molecule has 30 heavy (non-hydrogen) atoms. The van der Waals surface area contributed by atoms with Gasteiger partial charge in [-0.05, 0) is 49.5 Å². The highest BCUT2D eigenvalue weighted by Gasteiger charge is 2.30. The third kappa shape index (κ3) is 4.17. The van der Waals surface area contributed by atoms with Crippen molar-refractivity contribution in [3.05, 3.63) is 53.1 Å². The molecule has 1 N–H and O–H groups in total. The Morgan fingerprint density at radius 2 is 1.57 bits per heavy atom. The van der Waals surface area contributed by atoms with Crippen LogP contribution >= 0.6 is 11.6 Å². The zero-order chi connectivity index (χ0) is 21.3. The van der Waals surface area contributed by atoms with Gasteiger partial charge in [-0.3, -0.25) is 19.3 Å². The number of likely N-dealkylation sites (N-methyl/N-ethyl adjacent to an activating group) is 1. The first-order valence-corrected chi connectivity index (χ1v) is 10.3. The highest BCUT2D eigenvalue weighted by Crippen LogP contribution is 2.31. The molecule has 2 fully saturated rings. The van der Waals surface area contributed by atoms with E-state index in [2.05, 4.69) is 22.2 Å². The summed E-state index contributed by atoms with van der Waals surface area (Å²) >= 11 is 6.18. The Kier molecular flexibility index (Phi) is 5.74. The molecule has 2 saturated heterocycles. The van der Waals surface area contributed by atoms with Gasteiger partial charge in [0.25, 0.3) is 5.91 Å². The molecule has 0 spiro atoms. The maximum Gasteiger partial charge on any atom is 0.255 e. The Morgan fingerprint density at radius 3 is 2.20 bits per heavy atom. The van der Waals surface area contributed by atoms with E-state index >= 15 is 0 Å². The van der Waals surface area contributed by atoms with Crippen molar-refractivity contribution in [2.75, 3.05) is 48.3 Å². The Hall–Kier alpha value is -2.90. The van der Waals surface area contributed by atoms with Crippen molar-refractivity contribution in [3.63, 3.8) is 0 Å². The zero-order valence-corrected chi connectivity index (χ0v) is 17.5. The number of nitrogens with one attached hydrogen (secondary N) is 1. The van der Waals surface area contributed by atoms with Crippen molar-refractivity contribution >= 4 is 46.4 Å². The Bertz CT molecular complexity index is 968. The standard InChI is InChI=1S/C22H23ClN4O3/c1-25-10-12-26(13-11-25)19-7-4-16(23)14-18(19)24-22(30)15-2-5-17(6-3-15)27-20(28)8-9-21(27)29/h2-7,14H,8-13H2,1H3,(H,24,30). The molecule has 0 atom stereocenters. The number of halogens is 1. The SMILES string of the molecule is CN1CCN(c2ccc(Cl)cc2NC(=O)c2ccc(N3C(=O)CCC3=O)cc2)CC1. The van der Waals surface area contributed by atoms with Gasteiger partial charge in [0.1, 0.15) is 0 Å². The van der Waals surface area contributed by atoms with E-state index in [0.29, 0.717) is 22.0 Å². The van der Waals surface area contributed by atoms with Crippen LogP contribution in [0.3, 0.4) is 0 Å². The summed E-state index contributed by atoms with van der Waals surface area (Å²) < 4.78 is 0. The fraction of sp³-hybridized carbons (Fsp3) is 0.318. The summed E-state index contributed by atoms with van der Waals surface area (Å²) in [6.07, 6.45) is 0.454. The number of rotatable bonds is 4. The molecular formula is C22H23ClN4O3. The maximum absolute atomic E-state index is 12.8. The average Bonchev–Trinajstić information content (AvgIpc) is 3.07. The molecule has 2 aliphatic heterocycles. The van der Waals surface area contributed by atoms with Crippen molar-refractivity contribution in [2.45, 2.75) is 12.8 Å². The van der Waals surface area contributed by atoms with Crippen LogP contribution in [0.15, 0.2) is 42.5 Å². The molecule has 2 heterocycles. The van der Waals surface area contributed by atoms with Crippen LogP contribution in [0.5, 0.6) is 0 Å². The van der Waals surface area contributed by atoms with Crippen LogP contribution in [0.4, 0.5) is 17.1 Å². The number of amides is 3. The van der Waals surface area contributed by atoms with E-state index in [-0.39, 0.29) is 30.6 Å².